The topological polar surface area (TPSA) is 28.0 Å². The van der Waals surface area contributed by atoms with Crippen LogP contribution in [0, 0.1) is 17.3 Å². The molecule has 0 bridgehead atoms. The molecule has 4 aliphatic rings. The highest BCUT2D eigenvalue weighted by Gasteiger charge is 2.41. The molecule has 27 heavy (non-hydrogen) atoms. The number of allylic oxidation sites excluding steroid dienone is 9. The summed E-state index contributed by atoms with van der Waals surface area (Å²) in [4.78, 5) is 12.1. The SMILES string of the molecule is CCC1(C2=NCC(C(C3CC3)N3CC=NC3)C=C2)C=CC=CC=CC=CC1. The first kappa shape index (κ1) is 18.4. The second kappa shape index (κ2) is 8.35. The van der Waals surface area contributed by atoms with E-state index in [2.05, 4.69) is 83.8 Å². The van der Waals surface area contributed by atoms with Crippen molar-refractivity contribution < 1.29 is 0 Å². The summed E-state index contributed by atoms with van der Waals surface area (Å²) < 4.78 is 0. The summed E-state index contributed by atoms with van der Waals surface area (Å²) in [6, 6.07) is 0.610. The van der Waals surface area contributed by atoms with Gasteiger partial charge >= 0.3 is 0 Å². The predicted molar refractivity (Wildman–Crippen MR) is 115 cm³/mol. The van der Waals surface area contributed by atoms with Crippen molar-refractivity contribution in [2.24, 2.45) is 27.2 Å². The van der Waals surface area contributed by atoms with E-state index >= 15 is 0 Å². The van der Waals surface area contributed by atoms with E-state index in [1.54, 1.807) is 0 Å². The third-order valence-corrected chi connectivity index (χ3v) is 6.38. The molecule has 2 aliphatic carbocycles. The van der Waals surface area contributed by atoms with E-state index < -0.39 is 0 Å². The van der Waals surface area contributed by atoms with Crippen LogP contribution in [-0.2, 0) is 0 Å². The Morgan fingerprint density at radius 2 is 1.96 bits per heavy atom. The van der Waals surface area contributed by atoms with Crippen LogP contribution in [0.3, 0.4) is 0 Å². The molecule has 0 saturated heterocycles. The first-order valence-electron chi connectivity index (χ1n) is 10.5. The Kier molecular flexibility index (Phi) is 5.68. The number of rotatable bonds is 5. The smallest absolute Gasteiger partial charge is 0.0911 e. The molecule has 0 N–H and O–H groups in total. The summed E-state index contributed by atoms with van der Waals surface area (Å²) in [5.41, 5.74) is 1.24. The Balaban J connectivity index is 1.52. The molecule has 0 radical (unpaired) electrons. The van der Waals surface area contributed by atoms with Crippen LogP contribution in [0.15, 0.2) is 70.7 Å². The summed E-state index contributed by atoms with van der Waals surface area (Å²) in [7, 11) is 0. The highest BCUT2D eigenvalue weighted by atomic mass is 15.3. The van der Waals surface area contributed by atoms with E-state index in [0.29, 0.717) is 12.0 Å². The lowest BCUT2D eigenvalue weighted by atomic mass is 9.75. The second-order valence-electron chi connectivity index (χ2n) is 8.13. The number of nitrogens with zero attached hydrogens (tertiary/aromatic N) is 3. The van der Waals surface area contributed by atoms with Crippen LogP contribution in [0.1, 0.15) is 32.6 Å². The molecule has 0 spiro atoms. The van der Waals surface area contributed by atoms with Crippen LogP contribution in [0.4, 0.5) is 0 Å². The summed E-state index contributed by atoms with van der Waals surface area (Å²) in [6.45, 7) is 5.07. The standard InChI is InChI=1S/C24H31N3/c1-2-24(14-8-6-4-3-5-7-9-15-24)22-13-12-21(18-26-22)23(20-10-11-20)27-17-16-25-19-27/h3-9,12-14,16,20-21,23H,2,10-11,15,17-19H2,1H3. The Labute approximate surface area is 163 Å². The summed E-state index contributed by atoms with van der Waals surface area (Å²) in [5.74, 6) is 1.37. The molecule has 3 atom stereocenters. The van der Waals surface area contributed by atoms with Gasteiger partial charge in [-0.05, 0) is 37.7 Å². The quantitative estimate of drug-likeness (QED) is 0.694. The second-order valence-corrected chi connectivity index (χ2v) is 8.13. The molecule has 0 aromatic rings. The highest BCUT2D eigenvalue weighted by Crippen LogP contribution is 2.41. The molecule has 1 saturated carbocycles. The maximum absolute atomic E-state index is 5.14. The molecule has 4 rings (SSSR count). The van der Waals surface area contributed by atoms with Crippen LogP contribution in [0.2, 0.25) is 0 Å². The Morgan fingerprint density at radius 1 is 1.15 bits per heavy atom. The molecule has 3 heteroatoms. The lowest BCUT2D eigenvalue weighted by molar-refractivity contribution is 0.178. The van der Waals surface area contributed by atoms with Gasteiger partial charge in [0.05, 0.1) is 6.67 Å². The van der Waals surface area contributed by atoms with Crippen LogP contribution in [0.5, 0.6) is 0 Å². The molecule has 3 unspecified atom stereocenters. The fourth-order valence-corrected chi connectivity index (χ4v) is 4.59. The molecule has 0 aromatic heterocycles. The fraction of sp³-hybridized carbons (Fsp3) is 0.500. The number of aliphatic imine (C=N–C) groups is 2. The minimum atomic E-state index is -0.000672. The lowest BCUT2D eigenvalue weighted by Gasteiger charge is -2.36. The maximum Gasteiger partial charge on any atom is 0.0911 e. The zero-order valence-electron chi connectivity index (χ0n) is 16.4. The van der Waals surface area contributed by atoms with Crippen LogP contribution >= 0.6 is 0 Å². The van der Waals surface area contributed by atoms with Gasteiger partial charge in [-0.15, -0.1) is 0 Å². The van der Waals surface area contributed by atoms with E-state index in [9.17, 15) is 0 Å². The molecule has 0 aromatic carbocycles. The maximum atomic E-state index is 5.14. The third kappa shape index (κ3) is 4.14. The van der Waals surface area contributed by atoms with Gasteiger partial charge in [-0.3, -0.25) is 14.9 Å². The molecule has 2 heterocycles. The van der Waals surface area contributed by atoms with E-state index in [-0.39, 0.29) is 5.41 Å². The minimum Gasteiger partial charge on any atom is -0.288 e. The average molecular weight is 362 g/mol. The molecule has 142 valence electrons. The third-order valence-electron chi connectivity index (χ3n) is 6.38. The van der Waals surface area contributed by atoms with E-state index in [1.807, 2.05) is 0 Å². The zero-order chi connectivity index (χ0) is 18.5. The molecule has 2 aliphatic heterocycles. The van der Waals surface area contributed by atoms with E-state index in [4.69, 9.17) is 4.99 Å². The molecule has 3 nitrogen and oxygen atoms in total. The lowest BCUT2D eigenvalue weighted by Crippen LogP contribution is -2.43. The minimum absolute atomic E-state index is 0.000672. The van der Waals surface area contributed by atoms with Gasteiger partial charge in [-0.2, -0.15) is 0 Å². The summed E-state index contributed by atoms with van der Waals surface area (Å²) in [5, 5.41) is 0. The van der Waals surface area contributed by atoms with Crippen LogP contribution in [0.25, 0.3) is 0 Å². The average Bonchev–Trinajstić information content (AvgIpc) is 3.40. The van der Waals surface area contributed by atoms with Crippen LogP contribution in [-0.4, -0.2) is 42.6 Å². The van der Waals surface area contributed by atoms with Gasteiger partial charge in [0, 0.05) is 42.4 Å². The van der Waals surface area contributed by atoms with Gasteiger partial charge in [0.1, 0.15) is 0 Å². The Bertz CT molecular complexity index is 725. The van der Waals surface area contributed by atoms with Gasteiger partial charge in [0.2, 0.25) is 0 Å². The van der Waals surface area contributed by atoms with E-state index in [1.165, 1.54) is 18.6 Å². The number of dihydropyridines is 1. The van der Waals surface area contributed by atoms with Crippen molar-refractivity contribution >= 4 is 11.9 Å². The van der Waals surface area contributed by atoms with Crippen molar-refractivity contribution in [3.8, 4) is 0 Å². The van der Waals surface area contributed by atoms with Crippen LogP contribution < -0.4 is 0 Å². The van der Waals surface area contributed by atoms with Crippen molar-refractivity contribution in [2.45, 2.75) is 38.6 Å². The van der Waals surface area contributed by atoms with Crippen molar-refractivity contribution in [1.29, 1.82) is 0 Å². The normalized spacial score (nSPS) is 32.0. The van der Waals surface area contributed by atoms with Gasteiger partial charge in [0.15, 0.2) is 0 Å². The van der Waals surface area contributed by atoms with E-state index in [0.717, 1.165) is 38.5 Å². The summed E-state index contributed by atoms with van der Waals surface area (Å²) >= 11 is 0. The highest BCUT2D eigenvalue weighted by molar-refractivity contribution is 6.01. The fourth-order valence-electron chi connectivity index (χ4n) is 4.59. The molecular formula is C24H31N3. The molecule has 0 amide bonds. The zero-order valence-corrected chi connectivity index (χ0v) is 16.4. The first-order chi connectivity index (χ1) is 13.3. The van der Waals surface area contributed by atoms with Gasteiger partial charge < -0.3 is 0 Å². The van der Waals surface area contributed by atoms with Gasteiger partial charge in [-0.25, -0.2) is 0 Å². The van der Waals surface area contributed by atoms with Crippen molar-refractivity contribution in [3.63, 3.8) is 0 Å². The number of hydrogen-bond acceptors (Lipinski definition) is 3. The summed E-state index contributed by atoms with van der Waals surface area (Å²) in [6.07, 6.45) is 29.0. The van der Waals surface area contributed by atoms with Gasteiger partial charge in [-0.1, -0.05) is 61.6 Å². The van der Waals surface area contributed by atoms with Crippen molar-refractivity contribution in [1.82, 2.24) is 4.90 Å². The Hall–Kier alpha value is -2.00. The number of hydrogen-bond donors (Lipinski definition) is 0. The largest absolute Gasteiger partial charge is 0.288 e. The van der Waals surface area contributed by atoms with Crippen molar-refractivity contribution in [3.05, 3.63) is 60.8 Å². The molecular weight excluding hydrogens is 330 g/mol. The van der Waals surface area contributed by atoms with Crippen molar-refractivity contribution in [2.75, 3.05) is 19.8 Å². The first-order valence-corrected chi connectivity index (χ1v) is 10.5. The predicted octanol–water partition coefficient (Wildman–Crippen LogP) is 4.76. The monoisotopic (exact) mass is 361 g/mol. The molecule has 1 fully saturated rings. The Morgan fingerprint density at radius 3 is 2.63 bits per heavy atom. The van der Waals surface area contributed by atoms with Gasteiger partial charge in [0.25, 0.3) is 0 Å².